The topological polar surface area (TPSA) is 47.9 Å². The molecule has 6 heteroatoms. The zero-order valence-electron chi connectivity index (χ0n) is 13.5. The van der Waals surface area contributed by atoms with Crippen LogP contribution >= 0.6 is 24.0 Å². The highest BCUT2D eigenvalue weighted by Gasteiger charge is 2.18. The lowest BCUT2D eigenvalue weighted by atomic mass is 10.0. The van der Waals surface area contributed by atoms with Crippen LogP contribution in [0.15, 0.2) is 29.3 Å². The van der Waals surface area contributed by atoms with Gasteiger partial charge in [-0.05, 0) is 24.5 Å². The molecular weight excluding hydrogens is 391 g/mol. The van der Waals surface area contributed by atoms with Gasteiger partial charge in [0.15, 0.2) is 5.96 Å². The normalized spacial score (nSPS) is 14.0. The number of rotatable bonds is 3. The van der Waals surface area contributed by atoms with Crippen LogP contribution in [0.1, 0.15) is 18.1 Å². The fourth-order valence-corrected chi connectivity index (χ4v) is 2.39. The molecule has 0 saturated heterocycles. The van der Waals surface area contributed by atoms with E-state index in [1.54, 1.807) is 19.0 Å². The van der Waals surface area contributed by atoms with Crippen molar-refractivity contribution in [2.45, 2.75) is 19.9 Å². The number of amides is 1. The average molecular weight is 416 g/mol. The van der Waals surface area contributed by atoms with Gasteiger partial charge in [0.2, 0.25) is 5.91 Å². The summed E-state index contributed by atoms with van der Waals surface area (Å²) in [6, 6.07) is 8.51. The van der Waals surface area contributed by atoms with E-state index in [0.29, 0.717) is 0 Å². The number of nitrogens with one attached hydrogen (secondary N) is 1. The first-order valence-corrected chi connectivity index (χ1v) is 7.42. The number of aliphatic imine (C=N–C) groups is 1. The van der Waals surface area contributed by atoms with Gasteiger partial charge in [0, 0.05) is 33.7 Å². The van der Waals surface area contributed by atoms with Gasteiger partial charge in [-0.2, -0.15) is 0 Å². The van der Waals surface area contributed by atoms with E-state index in [9.17, 15) is 4.79 Å². The molecule has 0 aliphatic carbocycles. The van der Waals surface area contributed by atoms with E-state index >= 15 is 0 Å². The number of guanidine groups is 1. The van der Waals surface area contributed by atoms with Crippen LogP contribution in [0.25, 0.3) is 0 Å². The third kappa shape index (κ3) is 4.86. The van der Waals surface area contributed by atoms with Gasteiger partial charge in [0.05, 0.1) is 0 Å². The van der Waals surface area contributed by atoms with Crippen LogP contribution in [-0.2, 0) is 17.8 Å². The van der Waals surface area contributed by atoms with Gasteiger partial charge in [-0.1, -0.05) is 24.3 Å². The number of carbonyl (C=O) groups is 1. The number of hydrogen-bond acceptors (Lipinski definition) is 2. The van der Waals surface area contributed by atoms with Crippen molar-refractivity contribution in [1.82, 2.24) is 15.1 Å². The standard InChI is InChI=1S/C16H24N4O.HI/c1-4-17-16(18-11-15(21)19(2)3)20-10-9-13-7-5-6-8-14(13)12-20;/h5-8H,4,9-12H2,1-3H3,(H,17,18);1H. The first-order valence-electron chi connectivity index (χ1n) is 7.42. The van der Waals surface area contributed by atoms with Crippen LogP contribution in [0.4, 0.5) is 0 Å². The molecule has 0 aromatic heterocycles. The highest BCUT2D eigenvalue weighted by atomic mass is 127. The predicted octanol–water partition coefficient (Wildman–Crippen LogP) is 1.72. The molecule has 0 radical (unpaired) electrons. The molecule has 22 heavy (non-hydrogen) atoms. The maximum Gasteiger partial charge on any atom is 0.243 e. The number of halogens is 1. The molecule has 1 heterocycles. The summed E-state index contributed by atoms with van der Waals surface area (Å²) >= 11 is 0. The van der Waals surface area contributed by atoms with E-state index in [1.807, 2.05) is 6.92 Å². The van der Waals surface area contributed by atoms with Crippen molar-refractivity contribution in [3.8, 4) is 0 Å². The number of fused-ring (bicyclic) bond motifs is 1. The summed E-state index contributed by atoms with van der Waals surface area (Å²) < 4.78 is 0. The largest absolute Gasteiger partial charge is 0.356 e. The van der Waals surface area contributed by atoms with E-state index in [1.165, 1.54) is 11.1 Å². The Morgan fingerprint density at radius 2 is 2.00 bits per heavy atom. The number of nitrogens with zero attached hydrogens (tertiary/aromatic N) is 3. The molecule has 0 unspecified atom stereocenters. The first kappa shape index (κ1) is 18.7. The summed E-state index contributed by atoms with van der Waals surface area (Å²) in [7, 11) is 3.50. The highest BCUT2D eigenvalue weighted by molar-refractivity contribution is 14.0. The molecule has 2 rings (SSSR count). The summed E-state index contributed by atoms with van der Waals surface area (Å²) in [5, 5.41) is 3.28. The average Bonchev–Trinajstić information content (AvgIpc) is 2.50. The lowest BCUT2D eigenvalue weighted by Crippen LogP contribution is -2.44. The van der Waals surface area contributed by atoms with Crippen LogP contribution in [0.2, 0.25) is 0 Å². The van der Waals surface area contributed by atoms with E-state index in [4.69, 9.17) is 0 Å². The molecule has 1 aromatic rings. The summed E-state index contributed by atoms with van der Waals surface area (Å²) in [4.78, 5) is 20.0. The summed E-state index contributed by atoms with van der Waals surface area (Å²) in [5.41, 5.74) is 2.75. The lowest BCUT2D eigenvalue weighted by Gasteiger charge is -2.31. The van der Waals surface area contributed by atoms with Crippen molar-refractivity contribution < 1.29 is 4.79 Å². The highest BCUT2D eigenvalue weighted by Crippen LogP contribution is 2.18. The molecule has 1 aliphatic heterocycles. The minimum atomic E-state index is 0. The first-order chi connectivity index (χ1) is 10.1. The molecule has 0 saturated carbocycles. The van der Waals surface area contributed by atoms with Crippen molar-refractivity contribution in [2.24, 2.45) is 4.99 Å². The Bertz CT molecular complexity index is 531. The second-order valence-electron chi connectivity index (χ2n) is 5.40. The molecule has 5 nitrogen and oxygen atoms in total. The van der Waals surface area contributed by atoms with Crippen LogP contribution in [0.3, 0.4) is 0 Å². The third-order valence-electron chi connectivity index (χ3n) is 3.63. The number of benzene rings is 1. The van der Waals surface area contributed by atoms with Gasteiger partial charge in [-0.25, -0.2) is 4.99 Å². The molecule has 1 amide bonds. The maximum absolute atomic E-state index is 11.7. The predicted molar refractivity (Wildman–Crippen MR) is 101 cm³/mol. The van der Waals surface area contributed by atoms with Gasteiger partial charge in [0.25, 0.3) is 0 Å². The zero-order valence-corrected chi connectivity index (χ0v) is 15.8. The van der Waals surface area contributed by atoms with E-state index in [0.717, 1.165) is 32.0 Å². The van der Waals surface area contributed by atoms with Gasteiger partial charge in [-0.15, -0.1) is 24.0 Å². The fourth-order valence-electron chi connectivity index (χ4n) is 2.39. The van der Waals surface area contributed by atoms with Crippen LogP contribution in [0, 0.1) is 0 Å². The second kappa shape index (κ2) is 8.97. The number of carbonyl (C=O) groups excluding carboxylic acids is 1. The van der Waals surface area contributed by atoms with Crippen LogP contribution in [0.5, 0.6) is 0 Å². The smallest absolute Gasteiger partial charge is 0.243 e. The summed E-state index contributed by atoms with van der Waals surface area (Å²) in [6.07, 6.45) is 1.02. The maximum atomic E-state index is 11.7. The van der Waals surface area contributed by atoms with Gasteiger partial charge in [-0.3, -0.25) is 4.79 Å². The Morgan fingerprint density at radius 3 is 2.64 bits per heavy atom. The molecule has 0 spiro atoms. The number of hydrogen-bond donors (Lipinski definition) is 1. The quantitative estimate of drug-likeness (QED) is 0.464. The van der Waals surface area contributed by atoms with E-state index in [-0.39, 0.29) is 36.4 Å². The molecule has 1 N–H and O–H groups in total. The molecule has 1 aliphatic rings. The Balaban J connectivity index is 0.00000242. The monoisotopic (exact) mass is 416 g/mol. The van der Waals surface area contributed by atoms with Crippen molar-refractivity contribution in [3.63, 3.8) is 0 Å². The third-order valence-corrected chi connectivity index (χ3v) is 3.63. The van der Waals surface area contributed by atoms with E-state index < -0.39 is 0 Å². The van der Waals surface area contributed by atoms with Crippen LogP contribution < -0.4 is 5.32 Å². The molecular formula is C16H25IN4O. The Kier molecular flexibility index (Phi) is 7.64. The molecule has 122 valence electrons. The van der Waals surface area contributed by atoms with Gasteiger partial charge < -0.3 is 15.1 Å². The Morgan fingerprint density at radius 1 is 1.32 bits per heavy atom. The van der Waals surface area contributed by atoms with Crippen molar-refractivity contribution >= 4 is 35.8 Å². The number of likely N-dealkylation sites (N-methyl/N-ethyl adjacent to an activating group) is 1. The van der Waals surface area contributed by atoms with Crippen molar-refractivity contribution in [1.29, 1.82) is 0 Å². The molecule has 1 aromatic carbocycles. The van der Waals surface area contributed by atoms with E-state index in [2.05, 4.69) is 39.5 Å². The lowest BCUT2D eigenvalue weighted by molar-refractivity contribution is -0.127. The minimum absolute atomic E-state index is 0. The summed E-state index contributed by atoms with van der Waals surface area (Å²) in [5.74, 6) is 0.838. The second-order valence-corrected chi connectivity index (χ2v) is 5.40. The SMILES string of the molecule is CCNC(=NCC(=O)N(C)C)N1CCc2ccccc2C1.I. The van der Waals surface area contributed by atoms with Crippen LogP contribution in [-0.4, -0.2) is 55.4 Å². The molecule has 0 bridgehead atoms. The Hall–Kier alpha value is -1.31. The zero-order chi connectivity index (χ0) is 15.2. The summed E-state index contributed by atoms with van der Waals surface area (Å²) in [6.45, 7) is 4.80. The van der Waals surface area contributed by atoms with Gasteiger partial charge >= 0.3 is 0 Å². The fraction of sp³-hybridized carbons (Fsp3) is 0.500. The minimum Gasteiger partial charge on any atom is -0.356 e. The van der Waals surface area contributed by atoms with Crippen molar-refractivity contribution in [2.75, 3.05) is 33.7 Å². The van der Waals surface area contributed by atoms with Gasteiger partial charge in [0.1, 0.15) is 6.54 Å². The Labute approximate surface area is 149 Å². The molecule has 0 fully saturated rings. The van der Waals surface area contributed by atoms with Crippen molar-refractivity contribution in [3.05, 3.63) is 35.4 Å². The molecule has 0 atom stereocenters.